The largest absolute Gasteiger partial charge is 0.497 e. The number of pyridine rings is 1. The average molecular weight is 742 g/mol. The molecule has 3 aliphatic rings. The van der Waals surface area contributed by atoms with E-state index in [2.05, 4.69) is 51.5 Å². The summed E-state index contributed by atoms with van der Waals surface area (Å²) in [6, 6.07) is 18.3. The lowest BCUT2D eigenvalue weighted by atomic mass is 9.98. The fourth-order valence-electron chi connectivity index (χ4n) is 7.56. The summed E-state index contributed by atoms with van der Waals surface area (Å²) in [6.07, 6.45) is 7.80. The smallest absolute Gasteiger partial charge is 0.261 e. The van der Waals surface area contributed by atoms with Gasteiger partial charge >= 0.3 is 0 Å². The number of aromatic nitrogens is 4. The number of nitrogens with zero attached hydrogens (tertiary/aromatic N) is 6. The van der Waals surface area contributed by atoms with Crippen molar-refractivity contribution in [3.63, 3.8) is 0 Å². The van der Waals surface area contributed by atoms with Crippen LogP contribution in [-0.2, 0) is 31.0 Å². The Bertz CT molecular complexity index is 2350. The second-order valence-electron chi connectivity index (χ2n) is 14.6. The van der Waals surface area contributed by atoms with Gasteiger partial charge in [0, 0.05) is 59.0 Å². The molecule has 6 aromatic rings. The molecule has 0 radical (unpaired) electrons. The van der Waals surface area contributed by atoms with Crippen LogP contribution in [0.25, 0.3) is 21.1 Å². The van der Waals surface area contributed by atoms with Gasteiger partial charge in [0.25, 0.3) is 5.91 Å². The van der Waals surface area contributed by atoms with Crippen LogP contribution in [0.5, 0.6) is 11.5 Å². The predicted molar refractivity (Wildman–Crippen MR) is 211 cm³/mol. The Labute approximate surface area is 318 Å². The highest BCUT2D eigenvalue weighted by Gasteiger charge is 2.28. The van der Waals surface area contributed by atoms with E-state index in [1.807, 2.05) is 35.2 Å². The van der Waals surface area contributed by atoms with E-state index in [4.69, 9.17) is 24.2 Å². The number of hydrogen-bond donors (Lipinski definition) is 1. The second-order valence-corrected chi connectivity index (χ2v) is 15.6. The van der Waals surface area contributed by atoms with Gasteiger partial charge in [0.15, 0.2) is 0 Å². The van der Waals surface area contributed by atoms with Crippen molar-refractivity contribution in [3.05, 3.63) is 106 Å². The van der Waals surface area contributed by atoms with Crippen molar-refractivity contribution in [3.8, 4) is 11.5 Å². The lowest BCUT2D eigenvalue weighted by Gasteiger charge is -2.27. The molecular formula is C42H43N7O4S. The predicted octanol–water partition coefficient (Wildman–Crippen LogP) is 7.83. The van der Waals surface area contributed by atoms with Crippen molar-refractivity contribution in [2.75, 3.05) is 44.6 Å². The number of ether oxygens (including phenoxy) is 3. The summed E-state index contributed by atoms with van der Waals surface area (Å²) in [5, 5.41) is 5.79. The number of benzene rings is 3. The van der Waals surface area contributed by atoms with Gasteiger partial charge in [0.1, 0.15) is 23.1 Å². The first-order valence-corrected chi connectivity index (χ1v) is 19.5. The van der Waals surface area contributed by atoms with E-state index in [0.717, 1.165) is 111 Å². The average Bonchev–Trinajstić information content (AvgIpc) is 3.78. The minimum Gasteiger partial charge on any atom is -0.497 e. The molecule has 54 heavy (non-hydrogen) atoms. The molecule has 1 saturated heterocycles. The van der Waals surface area contributed by atoms with Crippen molar-refractivity contribution in [1.29, 1.82) is 0 Å². The highest BCUT2D eigenvalue weighted by Crippen LogP contribution is 2.39. The van der Waals surface area contributed by atoms with E-state index in [0.29, 0.717) is 43.7 Å². The zero-order valence-electron chi connectivity index (χ0n) is 30.8. The number of carbonyl (C=O) groups is 1. The van der Waals surface area contributed by atoms with E-state index in [1.54, 1.807) is 38.0 Å². The number of thiazole rings is 1. The molecule has 3 aromatic carbocycles. The van der Waals surface area contributed by atoms with Crippen LogP contribution in [0.3, 0.4) is 0 Å². The number of likely N-dealkylation sites (tertiary alicyclic amines) is 1. The maximum Gasteiger partial charge on any atom is 0.261 e. The first-order valence-electron chi connectivity index (χ1n) is 18.6. The minimum atomic E-state index is -0.150. The third kappa shape index (κ3) is 6.85. The summed E-state index contributed by atoms with van der Waals surface area (Å²) >= 11 is 1.75. The van der Waals surface area contributed by atoms with E-state index >= 15 is 0 Å². The highest BCUT2D eigenvalue weighted by molar-refractivity contribution is 7.18. The number of methoxy groups -OCH3 is 2. The molecule has 0 unspecified atom stereocenters. The van der Waals surface area contributed by atoms with Crippen molar-refractivity contribution >= 4 is 49.9 Å². The highest BCUT2D eigenvalue weighted by atomic mass is 32.1. The molecule has 0 bridgehead atoms. The first kappa shape index (κ1) is 34.6. The van der Waals surface area contributed by atoms with Crippen LogP contribution in [0.1, 0.15) is 81.0 Å². The second kappa shape index (κ2) is 14.6. The number of fused-ring (bicyclic) bond motifs is 4. The fourth-order valence-corrected chi connectivity index (χ4v) is 8.73. The zero-order chi connectivity index (χ0) is 36.8. The molecule has 0 atom stereocenters. The van der Waals surface area contributed by atoms with Gasteiger partial charge in [0.2, 0.25) is 0 Å². The number of carbonyl (C=O) groups excluding carboxylic acids is 1. The number of piperidine rings is 1. The normalized spacial score (nSPS) is 16.1. The van der Waals surface area contributed by atoms with E-state index in [-0.39, 0.29) is 5.91 Å². The van der Waals surface area contributed by atoms with E-state index in [1.165, 1.54) is 5.01 Å². The summed E-state index contributed by atoms with van der Waals surface area (Å²) < 4.78 is 18.1. The lowest BCUT2D eigenvalue weighted by Crippen LogP contribution is -2.30. The van der Waals surface area contributed by atoms with Crippen molar-refractivity contribution < 1.29 is 19.0 Å². The van der Waals surface area contributed by atoms with E-state index < -0.39 is 0 Å². The molecule has 1 aliphatic carbocycles. The summed E-state index contributed by atoms with van der Waals surface area (Å²) in [4.78, 5) is 38.0. The Balaban J connectivity index is 1.04. The van der Waals surface area contributed by atoms with Gasteiger partial charge in [0.05, 0.1) is 60.3 Å². The topological polar surface area (TPSA) is 115 Å². The molecule has 1 N–H and O–H groups in total. The molecule has 1 amide bonds. The molecule has 276 valence electrons. The molecule has 3 aromatic heterocycles. The Hall–Kier alpha value is -5.17. The van der Waals surface area contributed by atoms with Gasteiger partial charge in [-0.2, -0.15) is 0 Å². The summed E-state index contributed by atoms with van der Waals surface area (Å²) in [6.45, 7) is 4.03. The van der Waals surface area contributed by atoms with Gasteiger partial charge < -0.3 is 29.3 Å². The van der Waals surface area contributed by atoms with Crippen molar-refractivity contribution in [1.82, 2.24) is 24.8 Å². The Kier molecular flexibility index (Phi) is 9.34. The number of amides is 1. The third-order valence-electron chi connectivity index (χ3n) is 10.9. The standard InChI is InChI=1S/C42H43N7O4S/c1-48-14-12-27(13-15-48)41-47-35-11-8-30(17-38(35)54-41)49(42(50)29-20-43-39(44-21-29)26-5-6-26)22-25-4-10-32-33-23-53-24-34(33)40(46-36(32)16-25)45-19-28-7-9-31(51-2)18-37(28)52-3/h4,7-11,16-18,20-21,26-27H,5-6,12-15,19,22-24H2,1-3H3,(H,45,46). The Morgan fingerprint density at radius 1 is 0.907 bits per heavy atom. The van der Waals surface area contributed by atoms with Crippen LogP contribution in [0.4, 0.5) is 11.5 Å². The van der Waals surface area contributed by atoms with Crippen molar-refractivity contribution in [2.24, 2.45) is 0 Å². The number of rotatable bonds is 11. The van der Waals surface area contributed by atoms with Crippen LogP contribution >= 0.6 is 11.3 Å². The molecule has 12 heteroatoms. The summed E-state index contributed by atoms with van der Waals surface area (Å²) in [5.41, 5.74) is 7.22. The monoisotopic (exact) mass is 741 g/mol. The molecule has 5 heterocycles. The maximum absolute atomic E-state index is 14.4. The SMILES string of the molecule is COc1ccc(CNc2nc3cc(CN(C(=O)c4cnc(C5CC5)nc4)c4ccc5nc(C6CCN(C)CC6)sc5c4)ccc3c3c2COC3)c(OC)c1. The molecule has 1 saturated carbocycles. The maximum atomic E-state index is 14.4. The van der Waals surface area contributed by atoms with Crippen LogP contribution in [-0.4, -0.2) is 65.1 Å². The van der Waals surface area contributed by atoms with Crippen LogP contribution < -0.4 is 19.7 Å². The van der Waals surface area contributed by atoms with Crippen LogP contribution in [0.15, 0.2) is 67.0 Å². The molecular weight excluding hydrogens is 699 g/mol. The molecule has 2 aliphatic heterocycles. The lowest BCUT2D eigenvalue weighted by molar-refractivity contribution is 0.0984. The first-order chi connectivity index (χ1) is 26.4. The van der Waals surface area contributed by atoms with Crippen LogP contribution in [0.2, 0.25) is 0 Å². The van der Waals surface area contributed by atoms with Gasteiger partial charge in [-0.05, 0) is 93.3 Å². The summed E-state index contributed by atoms with van der Waals surface area (Å²) in [7, 11) is 5.49. The number of anilines is 2. The van der Waals surface area contributed by atoms with Gasteiger partial charge in [-0.3, -0.25) is 4.79 Å². The third-order valence-corrected chi connectivity index (χ3v) is 12.1. The quantitative estimate of drug-likeness (QED) is 0.141. The number of hydrogen-bond acceptors (Lipinski definition) is 11. The Morgan fingerprint density at radius 3 is 2.50 bits per heavy atom. The van der Waals surface area contributed by atoms with E-state index in [9.17, 15) is 4.79 Å². The molecule has 2 fully saturated rings. The van der Waals surface area contributed by atoms with Gasteiger partial charge in [-0.25, -0.2) is 19.9 Å². The van der Waals surface area contributed by atoms with Crippen LogP contribution in [0, 0.1) is 0 Å². The minimum absolute atomic E-state index is 0.150. The van der Waals surface area contributed by atoms with Gasteiger partial charge in [-0.1, -0.05) is 12.1 Å². The molecule has 11 nitrogen and oxygen atoms in total. The van der Waals surface area contributed by atoms with Crippen molar-refractivity contribution in [2.45, 2.75) is 63.8 Å². The summed E-state index contributed by atoms with van der Waals surface area (Å²) in [5.74, 6) is 3.80. The molecule has 9 rings (SSSR count). The fraction of sp³-hybridized carbons (Fsp3) is 0.357. The Morgan fingerprint density at radius 2 is 1.72 bits per heavy atom. The zero-order valence-corrected chi connectivity index (χ0v) is 31.6. The molecule has 0 spiro atoms. The number of nitrogens with one attached hydrogen (secondary N) is 1. The van der Waals surface area contributed by atoms with Gasteiger partial charge in [-0.15, -0.1) is 11.3 Å².